The van der Waals surface area contributed by atoms with E-state index in [9.17, 15) is 0 Å². The van der Waals surface area contributed by atoms with Gasteiger partial charge in [0.15, 0.2) is 0 Å². The Kier molecular flexibility index (Phi) is 4.95. The molecule has 0 aliphatic heterocycles. The quantitative estimate of drug-likeness (QED) is 0.841. The first kappa shape index (κ1) is 16.3. The lowest BCUT2D eigenvalue weighted by Crippen LogP contribution is -2.46. The molecule has 118 valence electrons. The molecule has 1 fully saturated rings. The van der Waals surface area contributed by atoms with Crippen LogP contribution in [-0.4, -0.2) is 20.3 Å². The van der Waals surface area contributed by atoms with Crippen molar-refractivity contribution in [3.8, 4) is 5.75 Å². The minimum Gasteiger partial charge on any atom is -0.491 e. The van der Waals surface area contributed by atoms with Gasteiger partial charge in [0.25, 0.3) is 0 Å². The van der Waals surface area contributed by atoms with Gasteiger partial charge >= 0.3 is 0 Å². The van der Waals surface area contributed by atoms with Crippen molar-refractivity contribution >= 4 is 0 Å². The second-order valence-electron chi connectivity index (χ2n) is 7.35. The Balaban J connectivity index is 2.27. The van der Waals surface area contributed by atoms with E-state index in [1.54, 1.807) is 7.11 Å². The van der Waals surface area contributed by atoms with Crippen LogP contribution >= 0.6 is 0 Å². The number of hydrogen-bond donors (Lipinski definition) is 1. The average Bonchev–Trinajstić information content (AvgIpc) is 2.36. The lowest BCUT2D eigenvalue weighted by molar-refractivity contribution is 0.102. The minimum absolute atomic E-state index is 0.270. The third kappa shape index (κ3) is 3.98. The molecule has 2 N–H and O–H groups in total. The van der Waals surface area contributed by atoms with E-state index in [1.807, 2.05) is 12.1 Å². The summed E-state index contributed by atoms with van der Waals surface area (Å²) in [6.45, 7) is 8.09. The molecule has 3 nitrogen and oxygen atoms in total. The Labute approximate surface area is 128 Å². The Morgan fingerprint density at radius 2 is 1.90 bits per heavy atom. The molecular weight excluding hydrogens is 262 g/mol. The summed E-state index contributed by atoms with van der Waals surface area (Å²) in [7, 11) is 1.69. The topological polar surface area (TPSA) is 44.5 Å². The van der Waals surface area contributed by atoms with Crippen molar-refractivity contribution < 1.29 is 9.47 Å². The lowest BCUT2D eigenvalue weighted by atomic mass is 9.62. The van der Waals surface area contributed by atoms with Gasteiger partial charge in [0.2, 0.25) is 0 Å². The fourth-order valence-corrected chi connectivity index (χ4v) is 4.08. The van der Waals surface area contributed by atoms with Gasteiger partial charge in [0.1, 0.15) is 12.4 Å². The summed E-state index contributed by atoms with van der Waals surface area (Å²) in [4.78, 5) is 0. The third-order valence-corrected chi connectivity index (χ3v) is 4.38. The van der Waals surface area contributed by atoms with E-state index in [0.29, 0.717) is 19.1 Å². The zero-order valence-corrected chi connectivity index (χ0v) is 13.8. The molecule has 2 atom stereocenters. The molecule has 0 amide bonds. The molecule has 3 heteroatoms. The highest BCUT2D eigenvalue weighted by atomic mass is 16.5. The zero-order chi connectivity index (χ0) is 15.5. The zero-order valence-electron chi connectivity index (χ0n) is 13.8. The number of methoxy groups -OCH3 is 1. The normalized spacial score (nSPS) is 28.3. The second-order valence-corrected chi connectivity index (χ2v) is 7.35. The van der Waals surface area contributed by atoms with Crippen molar-refractivity contribution in [2.24, 2.45) is 17.1 Å². The highest BCUT2D eigenvalue weighted by Crippen LogP contribution is 2.49. The molecule has 0 bridgehead atoms. The van der Waals surface area contributed by atoms with Crippen LogP contribution < -0.4 is 10.5 Å². The lowest BCUT2D eigenvalue weighted by Gasteiger charge is -2.46. The van der Waals surface area contributed by atoms with Gasteiger partial charge in [-0.15, -0.1) is 0 Å². The van der Waals surface area contributed by atoms with Crippen molar-refractivity contribution in [3.05, 3.63) is 29.8 Å². The SMILES string of the molecule is COCCOc1ccccc1C1(N)CC(C)CC(C)(C)C1. The summed E-state index contributed by atoms with van der Waals surface area (Å²) in [6, 6.07) is 8.20. The van der Waals surface area contributed by atoms with E-state index in [0.717, 1.165) is 24.2 Å². The van der Waals surface area contributed by atoms with Gasteiger partial charge in [-0.05, 0) is 36.7 Å². The smallest absolute Gasteiger partial charge is 0.124 e. The first-order valence-corrected chi connectivity index (χ1v) is 7.86. The van der Waals surface area contributed by atoms with Crippen molar-refractivity contribution in [3.63, 3.8) is 0 Å². The van der Waals surface area contributed by atoms with E-state index in [-0.39, 0.29) is 11.0 Å². The molecule has 0 heterocycles. The summed E-state index contributed by atoms with van der Waals surface area (Å²) in [6.07, 6.45) is 3.24. The first-order chi connectivity index (χ1) is 9.86. The van der Waals surface area contributed by atoms with E-state index >= 15 is 0 Å². The van der Waals surface area contributed by atoms with Gasteiger partial charge < -0.3 is 15.2 Å². The largest absolute Gasteiger partial charge is 0.491 e. The predicted molar refractivity (Wildman–Crippen MR) is 86.5 cm³/mol. The van der Waals surface area contributed by atoms with Gasteiger partial charge in [-0.3, -0.25) is 0 Å². The van der Waals surface area contributed by atoms with Gasteiger partial charge in [-0.1, -0.05) is 39.0 Å². The highest BCUT2D eigenvalue weighted by Gasteiger charge is 2.42. The fraction of sp³-hybridized carbons (Fsp3) is 0.667. The van der Waals surface area contributed by atoms with Gasteiger partial charge in [0, 0.05) is 18.2 Å². The van der Waals surface area contributed by atoms with Crippen molar-refractivity contribution in [2.75, 3.05) is 20.3 Å². The van der Waals surface area contributed by atoms with Crippen LogP contribution in [0.5, 0.6) is 5.75 Å². The number of para-hydroxylation sites is 1. The molecule has 2 rings (SSSR count). The third-order valence-electron chi connectivity index (χ3n) is 4.38. The fourth-order valence-electron chi connectivity index (χ4n) is 4.08. The maximum atomic E-state index is 6.84. The van der Waals surface area contributed by atoms with Crippen LogP contribution in [0.15, 0.2) is 24.3 Å². The van der Waals surface area contributed by atoms with Crippen molar-refractivity contribution in [2.45, 2.75) is 45.6 Å². The monoisotopic (exact) mass is 291 g/mol. The predicted octanol–water partition coefficient (Wildman–Crippen LogP) is 3.71. The molecule has 1 aromatic carbocycles. The minimum atomic E-state index is -0.301. The molecule has 0 radical (unpaired) electrons. The molecular formula is C18H29NO2. The van der Waals surface area contributed by atoms with Crippen molar-refractivity contribution in [1.29, 1.82) is 0 Å². The summed E-state index contributed by atoms with van der Waals surface area (Å²) >= 11 is 0. The summed E-state index contributed by atoms with van der Waals surface area (Å²) in [5.74, 6) is 1.53. The number of rotatable bonds is 5. The second kappa shape index (κ2) is 6.37. The number of ether oxygens (including phenoxy) is 2. The molecule has 0 saturated heterocycles. The van der Waals surface area contributed by atoms with Crippen LogP contribution in [0.1, 0.15) is 45.6 Å². The Bertz CT molecular complexity index is 472. The molecule has 1 saturated carbocycles. The molecule has 1 aromatic rings. The van der Waals surface area contributed by atoms with Crippen molar-refractivity contribution in [1.82, 2.24) is 0 Å². The van der Waals surface area contributed by atoms with Crippen LogP contribution in [0, 0.1) is 11.3 Å². The van der Waals surface area contributed by atoms with E-state index in [1.165, 1.54) is 6.42 Å². The summed E-state index contributed by atoms with van der Waals surface area (Å²) < 4.78 is 11.0. The van der Waals surface area contributed by atoms with Crippen LogP contribution in [0.25, 0.3) is 0 Å². The molecule has 1 aliphatic carbocycles. The Hall–Kier alpha value is -1.06. The van der Waals surface area contributed by atoms with E-state index in [2.05, 4.69) is 32.9 Å². The molecule has 2 unspecified atom stereocenters. The number of hydrogen-bond acceptors (Lipinski definition) is 3. The van der Waals surface area contributed by atoms with Gasteiger partial charge in [-0.2, -0.15) is 0 Å². The van der Waals surface area contributed by atoms with Crippen LogP contribution in [0.3, 0.4) is 0 Å². The van der Waals surface area contributed by atoms with Crippen LogP contribution in [-0.2, 0) is 10.3 Å². The molecule has 1 aliphatic rings. The standard InChI is InChI=1S/C18H29NO2/c1-14-11-17(2,3)13-18(19,12-14)15-7-5-6-8-16(15)21-10-9-20-4/h5-8,14H,9-13,19H2,1-4H3. The summed E-state index contributed by atoms with van der Waals surface area (Å²) in [5, 5.41) is 0. The summed E-state index contributed by atoms with van der Waals surface area (Å²) in [5.41, 5.74) is 7.95. The van der Waals surface area contributed by atoms with Crippen LogP contribution in [0.2, 0.25) is 0 Å². The van der Waals surface area contributed by atoms with E-state index < -0.39 is 0 Å². The molecule has 21 heavy (non-hydrogen) atoms. The first-order valence-electron chi connectivity index (χ1n) is 7.86. The van der Waals surface area contributed by atoms with E-state index in [4.69, 9.17) is 15.2 Å². The molecule has 0 aromatic heterocycles. The maximum Gasteiger partial charge on any atom is 0.124 e. The number of nitrogens with two attached hydrogens (primary N) is 1. The average molecular weight is 291 g/mol. The Morgan fingerprint density at radius 3 is 2.57 bits per heavy atom. The van der Waals surface area contributed by atoms with Crippen LogP contribution in [0.4, 0.5) is 0 Å². The number of benzene rings is 1. The van der Waals surface area contributed by atoms with Gasteiger partial charge in [0.05, 0.1) is 6.61 Å². The maximum absolute atomic E-state index is 6.84. The Morgan fingerprint density at radius 1 is 1.19 bits per heavy atom. The van der Waals surface area contributed by atoms with Gasteiger partial charge in [-0.25, -0.2) is 0 Å². The molecule has 0 spiro atoms. The highest BCUT2D eigenvalue weighted by molar-refractivity contribution is 5.39.